The normalized spacial score (nSPS) is 14.0. The lowest BCUT2D eigenvalue weighted by Gasteiger charge is -2.34. The van der Waals surface area contributed by atoms with Crippen LogP contribution in [0.2, 0.25) is 0 Å². The number of quaternary nitrogens is 1. The number of unbranched alkanes of at least 4 members (excludes halogenated alkanes) is 7. The van der Waals surface area contributed by atoms with Crippen molar-refractivity contribution in [3.8, 4) is 0 Å². The standard InChI is InChI=1S/C55H87NO7/c1-6-8-10-12-14-16-18-20-22-24-26-28-30-32-34-36-38-40-42-44-46-54(58)63-51(49-61-48-47-52(55(59)60)56(3,4)5)50-62-53(57)45-43-41-39-37-35-33-31-29-27-25-23-21-19-17-15-13-11-9-7-2/h8-11,14-17,20-23,26-29,32,34,38,40,51-52H,6-7,12-13,18-19,24-25,30-31,33,35-37,39,41-50H2,1-5H3/b10-8+,11-9+,16-14+,17-15+,22-20+,23-21+,28-26+,29-27+,34-32+,40-38+. The van der Waals surface area contributed by atoms with Crippen LogP contribution in [0.25, 0.3) is 0 Å². The molecule has 63 heavy (non-hydrogen) atoms. The van der Waals surface area contributed by atoms with E-state index in [1.54, 1.807) is 21.1 Å². The van der Waals surface area contributed by atoms with Crippen molar-refractivity contribution in [3.63, 3.8) is 0 Å². The Morgan fingerprint density at radius 3 is 1.29 bits per heavy atom. The number of ether oxygens (including phenoxy) is 3. The highest BCUT2D eigenvalue weighted by Crippen LogP contribution is 2.12. The Bertz CT molecular complexity index is 1440. The molecule has 2 unspecified atom stereocenters. The van der Waals surface area contributed by atoms with E-state index in [0.29, 0.717) is 12.8 Å². The van der Waals surface area contributed by atoms with Crippen LogP contribution in [0.4, 0.5) is 0 Å². The lowest BCUT2D eigenvalue weighted by molar-refractivity contribution is -0.889. The molecular weight excluding hydrogens is 787 g/mol. The zero-order chi connectivity index (χ0) is 46.3. The van der Waals surface area contributed by atoms with Crippen LogP contribution in [0, 0.1) is 0 Å². The van der Waals surface area contributed by atoms with E-state index in [2.05, 4.69) is 135 Å². The van der Waals surface area contributed by atoms with Gasteiger partial charge in [0.15, 0.2) is 6.10 Å². The third-order valence-corrected chi connectivity index (χ3v) is 9.84. The first-order valence-corrected chi connectivity index (χ1v) is 24.1. The number of rotatable bonds is 41. The van der Waals surface area contributed by atoms with Crippen molar-refractivity contribution in [2.75, 3.05) is 41.0 Å². The van der Waals surface area contributed by atoms with E-state index in [1.807, 2.05) is 0 Å². The number of carbonyl (C=O) groups is 3. The minimum absolute atomic E-state index is 0.00396. The fraction of sp³-hybridized carbons (Fsp3) is 0.582. The number of esters is 2. The molecule has 0 aromatic carbocycles. The number of carbonyl (C=O) groups excluding carboxylic acids is 3. The average Bonchev–Trinajstić information content (AvgIpc) is 3.24. The SMILES string of the molecule is CC/C=C/C/C=C/C/C=C/C/C=C/C/C=C/C/C=C/CCCC(=O)OC(COCCC(C(=O)[O-])[N+](C)(C)C)COC(=O)CCCCCCCC/C=C/C/C=C/C/C=C/C/C=C/CC. The van der Waals surface area contributed by atoms with Crippen LogP contribution in [0.3, 0.4) is 0 Å². The van der Waals surface area contributed by atoms with Gasteiger partial charge in [-0.05, 0) is 96.3 Å². The highest BCUT2D eigenvalue weighted by Gasteiger charge is 2.25. The maximum atomic E-state index is 12.7. The molecule has 0 bridgehead atoms. The van der Waals surface area contributed by atoms with Gasteiger partial charge in [0, 0.05) is 19.3 Å². The lowest BCUT2D eigenvalue weighted by Crippen LogP contribution is -2.55. The second-order valence-electron chi connectivity index (χ2n) is 16.6. The molecule has 0 saturated heterocycles. The topological polar surface area (TPSA) is 102 Å². The van der Waals surface area contributed by atoms with Crippen LogP contribution in [0.5, 0.6) is 0 Å². The summed E-state index contributed by atoms with van der Waals surface area (Å²) in [6.45, 7) is 4.34. The van der Waals surface area contributed by atoms with Gasteiger partial charge in [0.05, 0.1) is 40.3 Å². The minimum atomic E-state index is -1.14. The van der Waals surface area contributed by atoms with Gasteiger partial charge in [-0.15, -0.1) is 0 Å². The van der Waals surface area contributed by atoms with Gasteiger partial charge in [0.25, 0.3) is 0 Å². The summed E-state index contributed by atoms with van der Waals surface area (Å²) in [5.74, 6) is -1.85. The molecule has 0 radical (unpaired) electrons. The monoisotopic (exact) mass is 874 g/mol. The van der Waals surface area contributed by atoms with Crippen LogP contribution in [0.15, 0.2) is 122 Å². The maximum absolute atomic E-state index is 12.7. The first-order valence-electron chi connectivity index (χ1n) is 24.1. The predicted octanol–water partition coefficient (Wildman–Crippen LogP) is 12.5. The third-order valence-electron chi connectivity index (χ3n) is 9.84. The maximum Gasteiger partial charge on any atom is 0.306 e. The van der Waals surface area contributed by atoms with Crippen molar-refractivity contribution in [1.29, 1.82) is 0 Å². The molecule has 0 rings (SSSR count). The van der Waals surface area contributed by atoms with E-state index in [1.165, 1.54) is 12.8 Å². The van der Waals surface area contributed by atoms with E-state index in [4.69, 9.17) is 14.2 Å². The zero-order valence-corrected chi connectivity index (χ0v) is 40.2. The van der Waals surface area contributed by atoms with Crippen molar-refractivity contribution in [3.05, 3.63) is 122 Å². The largest absolute Gasteiger partial charge is 0.544 e. The first kappa shape index (κ1) is 58.7. The molecule has 0 N–H and O–H groups in total. The van der Waals surface area contributed by atoms with Crippen LogP contribution < -0.4 is 5.11 Å². The van der Waals surface area contributed by atoms with Crippen LogP contribution >= 0.6 is 0 Å². The van der Waals surface area contributed by atoms with Crippen LogP contribution in [-0.2, 0) is 28.6 Å². The number of hydrogen-bond acceptors (Lipinski definition) is 7. The molecule has 0 aliphatic heterocycles. The van der Waals surface area contributed by atoms with Gasteiger partial charge in [-0.1, -0.05) is 161 Å². The second kappa shape index (κ2) is 44.3. The van der Waals surface area contributed by atoms with Gasteiger partial charge in [-0.3, -0.25) is 9.59 Å². The summed E-state index contributed by atoms with van der Waals surface area (Å²) in [5, 5.41) is 11.7. The summed E-state index contributed by atoms with van der Waals surface area (Å²) in [6, 6.07) is -0.747. The average molecular weight is 874 g/mol. The van der Waals surface area contributed by atoms with Crippen molar-refractivity contribution < 1.29 is 38.2 Å². The van der Waals surface area contributed by atoms with E-state index in [9.17, 15) is 19.5 Å². The molecule has 354 valence electrons. The Balaban J connectivity index is 4.45. The molecule has 0 aromatic rings. The molecule has 2 atom stereocenters. The lowest BCUT2D eigenvalue weighted by atomic mass is 10.1. The van der Waals surface area contributed by atoms with Crippen LogP contribution in [-0.4, -0.2) is 75.5 Å². The Hall–Kier alpha value is -4.27. The van der Waals surface area contributed by atoms with E-state index in [0.717, 1.165) is 103 Å². The molecule has 0 saturated carbocycles. The number of carboxylic acids is 1. The number of allylic oxidation sites excluding steroid dienone is 20. The molecule has 8 nitrogen and oxygen atoms in total. The van der Waals surface area contributed by atoms with E-state index >= 15 is 0 Å². The molecule has 0 amide bonds. The van der Waals surface area contributed by atoms with Gasteiger partial charge < -0.3 is 28.6 Å². The number of nitrogens with zero attached hydrogens (tertiary/aromatic N) is 1. The highest BCUT2D eigenvalue weighted by molar-refractivity contribution is 5.70. The smallest absolute Gasteiger partial charge is 0.306 e. The summed E-state index contributed by atoms with van der Waals surface area (Å²) >= 11 is 0. The quantitative estimate of drug-likeness (QED) is 0.0261. The van der Waals surface area contributed by atoms with Crippen molar-refractivity contribution >= 4 is 17.9 Å². The summed E-state index contributed by atoms with van der Waals surface area (Å²) in [5.41, 5.74) is 0. The number of hydrogen-bond donors (Lipinski definition) is 0. The van der Waals surface area contributed by atoms with E-state index < -0.39 is 18.1 Å². The van der Waals surface area contributed by atoms with E-state index in [-0.39, 0.29) is 49.1 Å². The molecular formula is C55H87NO7. The van der Waals surface area contributed by atoms with Crippen molar-refractivity contribution in [1.82, 2.24) is 0 Å². The summed E-state index contributed by atoms with van der Waals surface area (Å²) in [7, 11) is 5.37. The van der Waals surface area contributed by atoms with Gasteiger partial charge >= 0.3 is 11.9 Å². The van der Waals surface area contributed by atoms with Gasteiger partial charge in [0.2, 0.25) is 0 Å². The summed E-state index contributed by atoms with van der Waals surface area (Å²) < 4.78 is 17.1. The molecule has 0 fully saturated rings. The Kier molecular flexibility index (Phi) is 41.3. The molecule has 0 spiro atoms. The first-order chi connectivity index (χ1) is 30.6. The highest BCUT2D eigenvalue weighted by atomic mass is 16.6. The Morgan fingerprint density at radius 1 is 0.476 bits per heavy atom. The number of likely N-dealkylation sites (N-methyl/N-ethyl adjacent to an activating group) is 1. The zero-order valence-electron chi connectivity index (χ0n) is 40.2. The van der Waals surface area contributed by atoms with Gasteiger partial charge in [0.1, 0.15) is 12.6 Å². The molecule has 8 heteroatoms. The fourth-order valence-corrected chi connectivity index (χ4v) is 6.19. The fourth-order valence-electron chi connectivity index (χ4n) is 6.19. The van der Waals surface area contributed by atoms with Crippen molar-refractivity contribution in [2.24, 2.45) is 0 Å². The van der Waals surface area contributed by atoms with Crippen LogP contribution in [0.1, 0.15) is 155 Å². The Labute approximate surface area is 384 Å². The summed E-state index contributed by atoms with van der Waals surface area (Å²) in [6.07, 6.45) is 62.3. The predicted molar refractivity (Wildman–Crippen MR) is 263 cm³/mol. The second-order valence-corrected chi connectivity index (χ2v) is 16.6. The minimum Gasteiger partial charge on any atom is -0.544 e. The van der Waals surface area contributed by atoms with Gasteiger partial charge in [-0.25, -0.2) is 0 Å². The number of aliphatic carboxylic acids is 1. The molecule has 0 heterocycles. The third kappa shape index (κ3) is 42.8. The molecule has 0 aliphatic rings. The van der Waals surface area contributed by atoms with Crippen molar-refractivity contribution in [2.45, 2.75) is 167 Å². The Morgan fingerprint density at radius 2 is 0.857 bits per heavy atom. The molecule has 0 aromatic heterocycles. The van der Waals surface area contributed by atoms with Gasteiger partial charge in [-0.2, -0.15) is 0 Å². The molecule has 0 aliphatic carbocycles. The summed E-state index contributed by atoms with van der Waals surface area (Å²) in [4.78, 5) is 37.0. The number of carboxylic acid groups (broad SMARTS) is 1.